The summed E-state index contributed by atoms with van der Waals surface area (Å²) in [6.45, 7) is 4.03. The maximum atomic E-state index is 11.9. The summed E-state index contributed by atoms with van der Waals surface area (Å²) in [4.78, 5) is 11.9. The van der Waals surface area contributed by atoms with Gasteiger partial charge in [0.05, 0.1) is 12.2 Å². The minimum absolute atomic E-state index is 0. The number of carbonyl (C=O) groups is 1. The van der Waals surface area contributed by atoms with E-state index in [-0.39, 0.29) is 24.4 Å². The zero-order valence-electron chi connectivity index (χ0n) is 12.0. The smallest absolute Gasteiger partial charge is 0.224 e. The molecule has 0 bridgehead atoms. The zero-order valence-corrected chi connectivity index (χ0v) is 12.8. The van der Waals surface area contributed by atoms with Crippen molar-refractivity contribution in [1.82, 2.24) is 0 Å². The third kappa shape index (κ3) is 4.69. The maximum absolute atomic E-state index is 11.9. The molecule has 0 radical (unpaired) electrons. The molecular weight excluding hydrogens is 276 g/mol. The lowest BCUT2D eigenvalue weighted by atomic mass is 10.1. The molecule has 0 aromatic heterocycles. The van der Waals surface area contributed by atoms with Gasteiger partial charge in [-0.1, -0.05) is 6.07 Å². The summed E-state index contributed by atoms with van der Waals surface area (Å²) in [5.41, 5.74) is 8.20. The predicted octanol–water partition coefficient (Wildman–Crippen LogP) is 3.29. The Morgan fingerprint density at radius 2 is 2.20 bits per heavy atom. The fourth-order valence-electron chi connectivity index (χ4n) is 2.38. The Labute approximate surface area is 126 Å². The van der Waals surface area contributed by atoms with E-state index in [2.05, 4.69) is 12.2 Å². The van der Waals surface area contributed by atoms with E-state index in [1.807, 2.05) is 19.1 Å². The Kier molecular flexibility index (Phi) is 6.30. The Balaban J connectivity index is 0.00000200. The lowest BCUT2D eigenvalue weighted by Crippen LogP contribution is -2.16. The van der Waals surface area contributed by atoms with Crippen molar-refractivity contribution in [2.75, 3.05) is 11.1 Å². The van der Waals surface area contributed by atoms with Crippen molar-refractivity contribution >= 4 is 29.7 Å². The molecule has 0 spiro atoms. The first kappa shape index (κ1) is 16.8. The normalized spacial score (nSPS) is 21.3. The van der Waals surface area contributed by atoms with Crippen molar-refractivity contribution in [3.8, 4) is 0 Å². The largest absolute Gasteiger partial charge is 0.399 e. The molecule has 4 nitrogen and oxygen atoms in total. The molecule has 1 fully saturated rings. The lowest BCUT2D eigenvalue weighted by Gasteiger charge is -2.12. The quantitative estimate of drug-likeness (QED) is 0.838. The molecular formula is C15H23ClN2O2. The van der Waals surface area contributed by atoms with Gasteiger partial charge in [0.2, 0.25) is 5.91 Å². The van der Waals surface area contributed by atoms with Gasteiger partial charge in [-0.05, 0) is 50.8 Å². The zero-order chi connectivity index (χ0) is 13.8. The highest BCUT2D eigenvalue weighted by molar-refractivity contribution is 5.92. The molecule has 0 aliphatic carbocycles. The molecule has 2 unspecified atom stereocenters. The number of nitrogens with one attached hydrogen (secondary N) is 1. The Morgan fingerprint density at radius 3 is 2.85 bits per heavy atom. The van der Waals surface area contributed by atoms with Crippen molar-refractivity contribution in [3.05, 3.63) is 23.8 Å². The second kappa shape index (κ2) is 7.50. The average Bonchev–Trinajstić information content (AvgIpc) is 2.77. The van der Waals surface area contributed by atoms with Crippen LogP contribution in [0.4, 0.5) is 11.4 Å². The van der Waals surface area contributed by atoms with Crippen LogP contribution in [0, 0.1) is 6.92 Å². The van der Waals surface area contributed by atoms with Crippen molar-refractivity contribution in [2.24, 2.45) is 0 Å². The minimum Gasteiger partial charge on any atom is -0.399 e. The molecule has 1 saturated heterocycles. The molecule has 5 heteroatoms. The SMILES string of the molecule is Cc1ccc(N)cc1NC(=O)CCC1CCC(C)O1.Cl. The number of benzene rings is 1. The molecule has 1 amide bonds. The van der Waals surface area contributed by atoms with Gasteiger partial charge in [0.25, 0.3) is 0 Å². The van der Waals surface area contributed by atoms with E-state index in [9.17, 15) is 4.79 Å². The number of ether oxygens (including phenoxy) is 1. The third-order valence-corrected chi connectivity index (χ3v) is 3.55. The van der Waals surface area contributed by atoms with Gasteiger partial charge in [-0.15, -0.1) is 12.4 Å². The number of anilines is 2. The second-order valence-corrected chi connectivity index (χ2v) is 5.31. The highest BCUT2D eigenvalue weighted by Gasteiger charge is 2.22. The number of nitrogen functional groups attached to an aromatic ring is 1. The van der Waals surface area contributed by atoms with Crippen LogP contribution in [-0.4, -0.2) is 18.1 Å². The average molecular weight is 299 g/mol. The summed E-state index contributed by atoms with van der Waals surface area (Å²) in [6.07, 6.45) is 4.02. The van der Waals surface area contributed by atoms with Crippen molar-refractivity contribution < 1.29 is 9.53 Å². The fraction of sp³-hybridized carbons (Fsp3) is 0.533. The summed E-state index contributed by atoms with van der Waals surface area (Å²) in [5, 5.41) is 2.91. The van der Waals surface area contributed by atoms with E-state index in [0.29, 0.717) is 18.2 Å². The van der Waals surface area contributed by atoms with Crippen LogP contribution < -0.4 is 11.1 Å². The van der Waals surface area contributed by atoms with E-state index in [0.717, 1.165) is 30.5 Å². The predicted molar refractivity (Wildman–Crippen MR) is 84.3 cm³/mol. The van der Waals surface area contributed by atoms with Gasteiger partial charge in [0, 0.05) is 17.8 Å². The standard InChI is InChI=1S/C15H22N2O2.ClH/c1-10-3-5-12(16)9-14(10)17-15(18)8-7-13-6-4-11(2)19-13;/h3,5,9,11,13H,4,6-8,16H2,1-2H3,(H,17,18);1H. The van der Waals surface area contributed by atoms with Crippen LogP contribution in [-0.2, 0) is 9.53 Å². The summed E-state index contributed by atoms with van der Waals surface area (Å²) in [6, 6.07) is 5.53. The molecule has 1 aliphatic heterocycles. The first-order valence-electron chi connectivity index (χ1n) is 6.86. The number of aryl methyl sites for hydroxylation is 1. The van der Waals surface area contributed by atoms with Gasteiger partial charge < -0.3 is 15.8 Å². The van der Waals surface area contributed by atoms with Gasteiger partial charge in [0.1, 0.15) is 0 Å². The Bertz CT molecular complexity index is 465. The van der Waals surface area contributed by atoms with E-state index in [4.69, 9.17) is 10.5 Å². The second-order valence-electron chi connectivity index (χ2n) is 5.31. The molecule has 1 aliphatic rings. The van der Waals surface area contributed by atoms with Crippen molar-refractivity contribution in [2.45, 2.75) is 51.7 Å². The van der Waals surface area contributed by atoms with Gasteiger partial charge in [0.15, 0.2) is 0 Å². The molecule has 2 atom stereocenters. The molecule has 20 heavy (non-hydrogen) atoms. The van der Waals surface area contributed by atoms with Crippen LogP contribution in [0.15, 0.2) is 18.2 Å². The first-order valence-corrected chi connectivity index (χ1v) is 6.86. The number of nitrogens with two attached hydrogens (primary N) is 1. The summed E-state index contributed by atoms with van der Waals surface area (Å²) in [5.74, 6) is 0.0249. The van der Waals surface area contributed by atoms with Crippen LogP contribution in [0.2, 0.25) is 0 Å². The van der Waals surface area contributed by atoms with E-state index in [1.165, 1.54) is 0 Å². The fourth-order valence-corrected chi connectivity index (χ4v) is 2.38. The molecule has 1 aromatic carbocycles. The molecule has 1 heterocycles. The summed E-state index contributed by atoms with van der Waals surface area (Å²) < 4.78 is 5.70. The molecule has 0 saturated carbocycles. The lowest BCUT2D eigenvalue weighted by molar-refractivity contribution is -0.116. The molecule has 112 valence electrons. The number of amides is 1. The number of hydrogen-bond donors (Lipinski definition) is 2. The highest BCUT2D eigenvalue weighted by Crippen LogP contribution is 2.23. The van der Waals surface area contributed by atoms with Gasteiger partial charge in [-0.2, -0.15) is 0 Å². The summed E-state index contributed by atoms with van der Waals surface area (Å²) in [7, 11) is 0. The van der Waals surface area contributed by atoms with E-state index < -0.39 is 0 Å². The van der Waals surface area contributed by atoms with E-state index >= 15 is 0 Å². The Hall–Kier alpha value is -1.26. The van der Waals surface area contributed by atoms with Crippen LogP contribution in [0.1, 0.15) is 38.2 Å². The molecule has 1 aromatic rings. The monoisotopic (exact) mass is 298 g/mol. The first-order chi connectivity index (χ1) is 9.04. The Morgan fingerprint density at radius 1 is 1.45 bits per heavy atom. The third-order valence-electron chi connectivity index (χ3n) is 3.55. The number of carbonyl (C=O) groups excluding carboxylic acids is 1. The van der Waals surface area contributed by atoms with Crippen LogP contribution in [0.3, 0.4) is 0 Å². The van der Waals surface area contributed by atoms with Crippen molar-refractivity contribution in [1.29, 1.82) is 0 Å². The number of halogens is 1. The van der Waals surface area contributed by atoms with Crippen LogP contribution >= 0.6 is 12.4 Å². The van der Waals surface area contributed by atoms with E-state index in [1.54, 1.807) is 6.07 Å². The summed E-state index contributed by atoms with van der Waals surface area (Å²) >= 11 is 0. The molecule has 3 N–H and O–H groups in total. The van der Waals surface area contributed by atoms with Gasteiger partial charge in [-0.3, -0.25) is 4.79 Å². The van der Waals surface area contributed by atoms with Crippen LogP contribution in [0.5, 0.6) is 0 Å². The topological polar surface area (TPSA) is 64.3 Å². The molecule has 2 rings (SSSR count). The maximum Gasteiger partial charge on any atom is 0.224 e. The minimum atomic E-state index is 0. The number of hydrogen-bond acceptors (Lipinski definition) is 3. The van der Waals surface area contributed by atoms with Crippen molar-refractivity contribution in [3.63, 3.8) is 0 Å². The number of rotatable bonds is 4. The van der Waals surface area contributed by atoms with Gasteiger partial charge in [-0.25, -0.2) is 0 Å². The van der Waals surface area contributed by atoms with Crippen LogP contribution in [0.25, 0.3) is 0 Å². The van der Waals surface area contributed by atoms with Gasteiger partial charge >= 0.3 is 0 Å². The highest BCUT2D eigenvalue weighted by atomic mass is 35.5.